The molecule has 0 bridgehead atoms. The zero-order valence-electron chi connectivity index (χ0n) is 9.76. The Labute approximate surface area is 91.7 Å². The summed E-state index contributed by atoms with van der Waals surface area (Å²) in [4.78, 5) is 0. The molecule has 0 heterocycles. The van der Waals surface area contributed by atoms with Crippen molar-refractivity contribution in [2.24, 2.45) is 0 Å². The monoisotopic (exact) mass is 209 g/mol. The van der Waals surface area contributed by atoms with Gasteiger partial charge in [-0.25, -0.2) is 4.39 Å². The van der Waals surface area contributed by atoms with Crippen LogP contribution in [0.3, 0.4) is 0 Å². The molecule has 1 aromatic carbocycles. The van der Waals surface area contributed by atoms with Crippen LogP contribution < -0.4 is 5.32 Å². The van der Waals surface area contributed by atoms with E-state index in [0.717, 1.165) is 18.4 Å². The van der Waals surface area contributed by atoms with Gasteiger partial charge in [0.1, 0.15) is 5.82 Å². The van der Waals surface area contributed by atoms with Crippen molar-refractivity contribution in [1.29, 1.82) is 0 Å². The molecular formula is C13H20FN. The average Bonchev–Trinajstić information content (AvgIpc) is 2.26. The average molecular weight is 209 g/mol. The van der Waals surface area contributed by atoms with E-state index in [4.69, 9.17) is 0 Å². The highest BCUT2D eigenvalue weighted by atomic mass is 19.1. The summed E-state index contributed by atoms with van der Waals surface area (Å²) in [6.45, 7) is 6.47. The van der Waals surface area contributed by atoms with Gasteiger partial charge in [-0.05, 0) is 37.5 Å². The predicted octanol–water partition coefficient (Wildman–Crippen LogP) is 3.66. The Morgan fingerprint density at radius 1 is 1.13 bits per heavy atom. The minimum absolute atomic E-state index is 0.173. The minimum Gasteiger partial charge on any atom is -0.307 e. The van der Waals surface area contributed by atoms with E-state index in [2.05, 4.69) is 26.1 Å². The summed E-state index contributed by atoms with van der Waals surface area (Å²) in [6.07, 6.45) is 2.25. The fourth-order valence-corrected chi connectivity index (χ4v) is 1.73. The highest BCUT2D eigenvalue weighted by Gasteiger charge is 2.09. The quantitative estimate of drug-likeness (QED) is 0.780. The van der Waals surface area contributed by atoms with Crippen LogP contribution in [-0.2, 0) is 0 Å². The maximum atomic E-state index is 12.7. The van der Waals surface area contributed by atoms with E-state index >= 15 is 0 Å². The Morgan fingerprint density at radius 3 is 2.13 bits per heavy atom. The van der Waals surface area contributed by atoms with E-state index in [0.29, 0.717) is 6.04 Å². The Bertz CT molecular complexity index is 277. The van der Waals surface area contributed by atoms with Crippen molar-refractivity contribution in [1.82, 2.24) is 5.32 Å². The van der Waals surface area contributed by atoms with Gasteiger partial charge in [0.2, 0.25) is 0 Å². The van der Waals surface area contributed by atoms with Crippen LogP contribution in [0.25, 0.3) is 0 Å². The van der Waals surface area contributed by atoms with Crippen molar-refractivity contribution in [2.75, 3.05) is 0 Å². The van der Waals surface area contributed by atoms with Crippen LogP contribution in [0.5, 0.6) is 0 Å². The Morgan fingerprint density at radius 2 is 1.67 bits per heavy atom. The lowest BCUT2D eigenvalue weighted by Crippen LogP contribution is -2.30. The van der Waals surface area contributed by atoms with Crippen LogP contribution in [0.2, 0.25) is 0 Å². The summed E-state index contributed by atoms with van der Waals surface area (Å²) in [5.74, 6) is -0.173. The zero-order chi connectivity index (χ0) is 11.3. The second-order valence-corrected chi connectivity index (χ2v) is 3.95. The molecule has 0 radical (unpaired) electrons. The second-order valence-electron chi connectivity index (χ2n) is 3.95. The summed E-state index contributed by atoms with van der Waals surface area (Å²) >= 11 is 0. The predicted molar refractivity (Wildman–Crippen MR) is 62.3 cm³/mol. The van der Waals surface area contributed by atoms with Gasteiger partial charge in [-0.15, -0.1) is 0 Å². The lowest BCUT2D eigenvalue weighted by molar-refractivity contribution is 0.432. The summed E-state index contributed by atoms with van der Waals surface area (Å²) in [5.41, 5.74) is 1.14. The van der Waals surface area contributed by atoms with Gasteiger partial charge in [-0.3, -0.25) is 0 Å². The molecule has 84 valence electrons. The van der Waals surface area contributed by atoms with Crippen LogP contribution >= 0.6 is 0 Å². The van der Waals surface area contributed by atoms with E-state index in [-0.39, 0.29) is 11.9 Å². The number of nitrogens with one attached hydrogen (secondary N) is 1. The molecule has 0 saturated carbocycles. The van der Waals surface area contributed by atoms with Crippen LogP contribution in [-0.4, -0.2) is 6.04 Å². The van der Waals surface area contributed by atoms with Crippen LogP contribution in [0.4, 0.5) is 4.39 Å². The molecule has 0 saturated heterocycles. The molecule has 0 aliphatic rings. The normalized spacial score (nSPS) is 13.1. The maximum Gasteiger partial charge on any atom is 0.123 e. The molecule has 2 heteroatoms. The molecular weight excluding hydrogens is 189 g/mol. The molecule has 1 aromatic rings. The first kappa shape index (κ1) is 12.2. The van der Waals surface area contributed by atoms with Crippen LogP contribution in [0, 0.1) is 5.82 Å². The summed E-state index contributed by atoms with van der Waals surface area (Å²) in [5, 5.41) is 3.53. The molecule has 1 rings (SSSR count). The highest BCUT2D eigenvalue weighted by molar-refractivity contribution is 5.19. The Kier molecular flexibility index (Phi) is 4.76. The fraction of sp³-hybridized carbons (Fsp3) is 0.538. The molecule has 0 spiro atoms. The van der Waals surface area contributed by atoms with Crippen molar-refractivity contribution >= 4 is 0 Å². The number of halogens is 1. The molecule has 0 amide bonds. The van der Waals surface area contributed by atoms with Crippen molar-refractivity contribution in [2.45, 2.75) is 45.7 Å². The largest absolute Gasteiger partial charge is 0.307 e. The molecule has 0 fully saturated rings. The third-order valence-electron chi connectivity index (χ3n) is 2.84. The number of rotatable bonds is 5. The molecule has 0 aromatic heterocycles. The maximum absolute atomic E-state index is 12.7. The standard InChI is InChI=1S/C13H20FN/c1-4-13(5-2)15-10(3)11-6-8-12(14)9-7-11/h6-10,13,15H,4-5H2,1-3H3/t10-/m1/s1. The van der Waals surface area contributed by atoms with E-state index in [1.807, 2.05) is 12.1 Å². The molecule has 0 unspecified atom stereocenters. The lowest BCUT2D eigenvalue weighted by Gasteiger charge is -2.21. The van der Waals surface area contributed by atoms with Gasteiger partial charge >= 0.3 is 0 Å². The van der Waals surface area contributed by atoms with Crippen molar-refractivity contribution in [3.8, 4) is 0 Å². The first-order chi connectivity index (χ1) is 7.17. The number of hydrogen-bond acceptors (Lipinski definition) is 1. The molecule has 0 aliphatic heterocycles. The lowest BCUT2D eigenvalue weighted by atomic mass is 10.1. The van der Waals surface area contributed by atoms with Gasteiger partial charge in [0.25, 0.3) is 0 Å². The van der Waals surface area contributed by atoms with Gasteiger partial charge in [-0.2, -0.15) is 0 Å². The summed E-state index contributed by atoms with van der Waals surface area (Å²) in [6, 6.07) is 7.55. The zero-order valence-corrected chi connectivity index (χ0v) is 9.76. The van der Waals surface area contributed by atoms with Crippen molar-refractivity contribution < 1.29 is 4.39 Å². The van der Waals surface area contributed by atoms with Crippen molar-refractivity contribution in [3.05, 3.63) is 35.6 Å². The van der Waals surface area contributed by atoms with E-state index < -0.39 is 0 Å². The summed E-state index contributed by atoms with van der Waals surface area (Å²) in [7, 11) is 0. The topological polar surface area (TPSA) is 12.0 Å². The van der Waals surface area contributed by atoms with Gasteiger partial charge in [-0.1, -0.05) is 26.0 Å². The second kappa shape index (κ2) is 5.86. The molecule has 0 aliphatic carbocycles. The molecule has 1 atom stereocenters. The van der Waals surface area contributed by atoms with Crippen LogP contribution in [0.1, 0.15) is 45.2 Å². The fourth-order valence-electron chi connectivity index (χ4n) is 1.73. The Balaban J connectivity index is 2.60. The summed E-state index contributed by atoms with van der Waals surface area (Å²) < 4.78 is 12.7. The molecule has 1 N–H and O–H groups in total. The number of hydrogen-bond donors (Lipinski definition) is 1. The highest BCUT2D eigenvalue weighted by Crippen LogP contribution is 2.14. The van der Waals surface area contributed by atoms with E-state index in [1.165, 1.54) is 12.1 Å². The first-order valence-corrected chi connectivity index (χ1v) is 5.68. The van der Waals surface area contributed by atoms with Gasteiger partial charge < -0.3 is 5.32 Å². The van der Waals surface area contributed by atoms with Crippen LogP contribution in [0.15, 0.2) is 24.3 Å². The molecule has 1 nitrogen and oxygen atoms in total. The SMILES string of the molecule is CCC(CC)N[C@H](C)c1ccc(F)cc1. The smallest absolute Gasteiger partial charge is 0.123 e. The van der Waals surface area contributed by atoms with E-state index in [9.17, 15) is 4.39 Å². The Hall–Kier alpha value is -0.890. The molecule has 15 heavy (non-hydrogen) atoms. The van der Waals surface area contributed by atoms with Gasteiger partial charge in [0.15, 0.2) is 0 Å². The van der Waals surface area contributed by atoms with E-state index in [1.54, 1.807) is 0 Å². The van der Waals surface area contributed by atoms with Gasteiger partial charge in [0.05, 0.1) is 0 Å². The number of benzene rings is 1. The first-order valence-electron chi connectivity index (χ1n) is 5.68. The van der Waals surface area contributed by atoms with Gasteiger partial charge in [0, 0.05) is 12.1 Å². The third kappa shape index (κ3) is 3.63. The van der Waals surface area contributed by atoms with Crippen molar-refractivity contribution in [3.63, 3.8) is 0 Å². The minimum atomic E-state index is -0.173. The third-order valence-corrected chi connectivity index (χ3v) is 2.84.